The average Bonchev–Trinajstić information content (AvgIpc) is 2.27. The van der Waals surface area contributed by atoms with E-state index in [1.165, 1.54) is 11.1 Å². The van der Waals surface area contributed by atoms with Gasteiger partial charge < -0.3 is 9.84 Å². The van der Waals surface area contributed by atoms with Crippen LogP contribution in [0.25, 0.3) is 0 Å². The van der Waals surface area contributed by atoms with Gasteiger partial charge in [0.1, 0.15) is 5.75 Å². The van der Waals surface area contributed by atoms with E-state index in [1.807, 2.05) is 0 Å². The number of aryl methyl sites for hydroxylation is 1. The van der Waals surface area contributed by atoms with Gasteiger partial charge in [0.25, 0.3) is 0 Å². The highest BCUT2D eigenvalue weighted by atomic mass is 16.5. The quantitative estimate of drug-likeness (QED) is 0.807. The maximum absolute atomic E-state index is 10.1. The number of aliphatic hydroxyl groups excluding tert-OH is 1. The summed E-state index contributed by atoms with van der Waals surface area (Å²) in [5.41, 5.74) is 3.51. The Labute approximate surface area is 104 Å². The number of ether oxygens (including phenoxy) is 1. The van der Waals surface area contributed by atoms with Crippen LogP contribution in [0.2, 0.25) is 0 Å². The van der Waals surface area contributed by atoms with Crippen molar-refractivity contribution in [1.82, 2.24) is 0 Å². The fraction of sp³-hybridized carbons (Fsp3) is 0.600. The third-order valence-corrected chi connectivity index (χ3v) is 3.39. The minimum atomic E-state index is -0.369. The largest absolute Gasteiger partial charge is 0.493 e. The van der Waals surface area contributed by atoms with Gasteiger partial charge in [0.2, 0.25) is 0 Å². The van der Waals surface area contributed by atoms with Crippen LogP contribution in [0.4, 0.5) is 0 Å². The first kappa shape index (κ1) is 12.4. The van der Waals surface area contributed by atoms with Crippen LogP contribution >= 0.6 is 0 Å². The molecule has 1 aromatic rings. The van der Waals surface area contributed by atoms with E-state index < -0.39 is 0 Å². The lowest BCUT2D eigenvalue weighted by Gasteiger charge is -2.30. The van der Waals surface area contributed by atoms with Gasteiger partial charge >= 0.3 is 0 Å². The molecule has 1 heterocycles. The molecule has 0 saturated carbocycles. The minimum Gasteiger partial charge on any atom is -0.493 e. The minimum absolute atomic E-state index is 0.0479. The molecule has 0 radical (unpaired) electrons. The van der Waals surface area contributed by atoms with E-state index in [-0.39, 0.29) is 11.5 Å². The molecule has 2 nitrogen and oxygen atoms in total. The van der Waals surface area contributed by atoms with Crippen LogP contribution in [0, 0.1) is 0 Å². The molecule has 0 saturated heterocycles. The van der Waals surface area contributed by atoms with Crippen LogP contribution in [0.5, 0.6) is 5.75 Å². The molecule has 2 rings (SSSR count). The second-order valence-corrected chi connectivity index (χ2v) is 5.82. The van der Waals surface area contributed by atoms with Crippen molar-refractivity contribution in [3.05, 3.63) is 28.8 Å². The summed E-state index contributed by atoms with van der Waals surface area (Å²) in [6.07, 6.45) is 1.32. The summed E-state index contributed by atoms with van der Waals surface area (Å²) < 4.78 is 5.79. The third-order valence-electron chi connectivity index (χ3n) is 3.39. The molecule has 1 N–H and O–H groups in total. The van der Waals surface area contributed by atoms with E-state index in [2.05, 4.69) is 39.8 Å². The maximum Gasteiger partial charge on any atom is 0.128 e. The summed E-state index contributed by atoms with van der Waals surface area (Å²) in [6, 6.07) is 4.31. The van der Waals surface area contributed by atoms with Crippen molar-refractivity contribution in [2.75, 3.05) is 6.61 Å². The van der Waals surface area contributed by atoms with Crippen molar-refractivity contribution in [2.45, 2.75) is 52.1 Å². The van der Waals surface area contributed by atoms with Crippen molar-refractivity contribution < 1.29 is 9.84 Å². The Hall–Kier alpha value is -1.02. The third kappa shape index (κ3) is 2.32. The number of hydrogen-bond donors (Lipinski definition) is 1. The van der Waals surface area contributed by atoms with Gasteiger partial charge in [-0.1, -0.05) is 33.8 Å². The monoisotopic (exact) mass is 234 g/mol. The molecular formula is C15H22O2. The Kier molecular flexibility index (Phi) is 3.17. The number of fused-ring (bicyclic) bond motifs is 1. The molecule has 0 aliphatic carbocycles. The van der Waals surface area contributed by atoms with Crippen LogP contribution < -0.4 is 4.74 Å². The average molecular weight is 234 g/mol. The zero-order valence-electron chi connectivity index (χ0n) is 11.2. The van der Waals surface area contributed by atoms with Gasteiger partial charge in [-0.25, -0.2) is 0 Å². The van der Waals surface area contributed by atoms with Gasteiger partial charge in [-0.15, -0.1) is 0 Å². The molecule has 0 bridgehead atoms. The summed E-state index contributed by atoms with van der Waals surface area (Å²) in [5, 5.41) is 10.1. The Morgan fingerprint density at radius 3 is 2.65 bits per heavy atom. The van der Waals surface area contributed by atoms with Crippen molar-refractivity contribution in [3.63, 3.8) is 0 Å². The summed E-state index contributed by atoms with van der Waals surface area (Å²) in [4.78, 5) is 0. The van der Waals surface area contributed by atoms with Gasteiger partial charge in [-0.2, -0.15) is 0 Å². The lowest BCUT2D eigenvalue weighted by atomic mass is 9.82. The fourth-order valence-corrected chi connectivity index (χ4v) is 2.31. The molecule has 17 heavy (non-hydrogen) atoms. The Morgan fingerprint density at radius 1 is 1.35 bits per heavy atom. The maximum atomic E-state index is 10.1. The molecule has 94 valence electrons. The van der Waals surface area contributed by atoms with Crippen LogP contribution in [-0.2, 0) is 11.8 Å². The molecular weight excluding hydrogens is 212 g/mol. The number of benzene rings is 1. The normalized spacial score (nSPS) is 19.7. The summed E-state index contributed by atoms with van der Waals surface area (Å²) in [5.74, 6) is 0.911. The zero-order chi connectivity index (χ0) is 12.6. The Balaban J connectivity index is 2.62. The predicted molar refractivity (Wildman–Crippen MR) is 69.6 cm³/mol. The highest BCUT2D eigenvalue weighted by molar-refractivity contribution is 5.49. The molecule has 1 aliphatic heterocycles. The number of aliphatic hydroxyl groups is 1. The second kappa shape index (κ2) is 4.34. The highest BCUT2D eigenvalue weighted by Gasteiger charge is 2.27. The molecule has 1 aromatic carbocycles. The molecule has 0 amide bonds. The standard InChI is InChI=1S/C15H22O2/c1-5-10-8-11-13(16)6-7-17-14(11)12(9-10)15(2,3)4/h8-9,13,16H,5-7H2,1-4H3. The highest BCUT2D eigenvalue weighted by Crippen LogP contribution is 2.41. The first-order valence-electron chi connectivity index (χ1n) is 6.41. The SMILES string of the molecule is CCc1cc2c(c(C(C)(C)C)c1)OCCC2O. The van der Waals surface area contributed by atoms with Crippen molar-refractivity contribution in [2.24, 2.45) is 0 Å². The lowest BCUT2D eigenvalue weighted by Crippen LogP contribution is -2.21. The predicted octanol–water partition coefficient (Wildman–Crippen LogP) is 3.36. The van der Waals surface area contributed by atoms with Gasteiger partial charge in [0, 0.05) is 17.5 Å². The summed E-state index contributed by atoms with van der Waals surface area (Å²) >= 11 is 0. The van der Waals surface area contributed by atoms with Crippen LogP contribution in [0.3, 0.4) is 0 Å². The van der Waals surface area contributed by atoms with E-state index in [0.717, 1.165) is 17.7 Å². The van der Waals surface area contributed by atoms with Crippen molar-refractivity contribution in [3.8, 4) is 5.75 Å². The van der Waals surface area contributed by atoms with Crippen molar-refractivity contribution in [1.29, 1.82) is 0 Å². The Bertz CT molecular complexity index is 416. The van der Waals surface area contributed by atoms with E-state index in [1.54, 1.807) is 0 Å². The molecule has 0 fully saturated rings. The van der Waals surface area contributed by atoms with Gasteiger partial charge in [0.05, 0.1) is 12.7 Å². The van der Waals surface area contributed by atoms with Gasteiger partial charge in [-0.3, -0.25) is 0 Å². The van der Waals surface area contributed by atoms with E-state index in [0.29, 0.717) is 13.0 Å². The second-order valence-electron chi connectivity index (χ2n) is 5.82. The van der Waals surface area contributed by atoms with Crippen molar-refractivity contribution >= 4 is 0 Å². The number of rotatable bonds is 1. The van der Waals surface area contributed by atoms with Gasteiger partial charge in [-0.05, 0) is 23.5 Å². The van der Waals surface area contributed by atoms with Crippen LogP contribution in [0.1, 0.15) is 56.9 Å². The topological polar surface area (TPSA) is 29.5 Å². The number of hydrogen-bond acceptors (Lipinski definition) is 2. The Morgan fingerprint density at radius 2 is 2.06 bits per heavy atom. The molecule has 1 unspecified atom stereocenters. The molecule has 1 aliphatic rings. The van der Waals surface area contributed by atoms with Crippen LogP contribution in [-0.4, -0.2) is 11.7 Å². The first-order chi connectivity index (χ1) is 7.93. The molecule has 1 atom stereocenters. The van der Waals surface area contributed by atoms with E-state index >= 15 is 0 Å². The fourth-order valence-electron chi connectivity index (χ4n) is 2.31. The zero-order valence-corrected chi connectivity index (χ0v) is 11.2. The first-order valence-corrected chi connectivity index (χ1v) is 6.41. The van der Waals surface area contributed by atoms with Crippen LogP contribution in [0.15, 0.2) is 12.1 Å². The summed E-state index contributed by atoms with van der Waals surface area (Å²) in [6.45, 7) is 9.32. The smallest absolute Gasteiger partial charge is 0.128 e. The molecule has 0 spiro atoms. The van der Waals surface area contributed by atoms with E-state index in [9.17, 15) is 5.11 Å². The summed E-state index contributed by atoms with van der Waals surface area (Å²) in [7, 11) is 0. The lowest BCUT2D eigenvalue weighted by molar-refractivity contribution is 0.113. The van der Waals surface area contributed by atoms with E-state index in [4.69, 9.17) is 4.74 Å². The molecule has 2 heteroatoms. The van der Waals surface area contributed by atoms with Gasteiger partial charge in [0.15, 0.2) is 0 Å². The molecule has 0 aromatic heterocycles.